The van der Waals surface area contributed by atoms with Gasteiger partial charge >= 0.3 is 5.97 Å². The molecule has 2 amide bonds. The molecular formula is C15H24N2O4. The van der Waals surface area contributed by atoms with Crippen LogP contribution in [0.5, 0.6) is 0 Å². The first-order chi connectivity index (χ1) is 9.56. The maximum absolute atomic E-state index is 11.8. The summed E-state index contributed by atoms with van der Waals surface area (Å²) in [6.07, 6.45) is 3.07. The fourth-order valence-corrected chi connectivity index (χ4v) is 1.46. The molecule has 0 aromatic heterocycles. The molecule has 0 aromatic carbocycles. The maximum Gasteiger partial charge on any atom is 0.306 e. The second kappa shape index (κ2) is 8.24. The molecule has 0 aliphatic heterocycles. The number of carbonyl (C=O) groups is 3. The number of primary amides is 1. The number of amides is 2. The molecule has 1 atom stereocenters. The fraction of sp³-hybridized carbons (Fsp3) is 0.533. The fourth-order valence-electron chi connectivity index (χ4n) is 1.46. The van der Waals surface area contributed by atoms with E-state index in [4.69, 9.17) is 10.5 Å². The van der Waals surface area contributed by atoms with Gasteiger partial charge in [0.1, 0.15) is 11.6 Å². The average molecular weight is 296 g/mol. The number of hydrogen-bond acceptors (Lipinski definition) is 4. The molecule has 6 nitrogen and oxygen atoms in total. The van der Waals surface area contributed by atoms with Gasteiger partial charge in [0.25, 0.3) is 0 Å². The quantitative estimate of drug-likeness (QED) is 0.419. The topological polar surface area (TPSA) is 98.5 Å². The number of rotatable bonds is 7. The van der Waals surface area contributed by atoms with E-state index in [-0.39, 0.29) is 12.8 Å². The number of nitrogens with one attached hydrogen (secondary N) is 1. The highest BCUT2D eigenvalue weighted by Crippen LogP contribution is 2.10. The van der Waals surface area contributed by atoms with Crippen LogP contribution in [0.25, 0.3) is 0 Å². The summed E-state index contributed by atoms with van der Waals surface area (Å²) in [5.74, 6) is -1.57. The Bertz CT molecular complexity index is 447. The highest BCUT2D eigenvalue weighted by Gasteiger charge is 2.22. The summed E-state index contributed by atoms with van der Waals surface area (Å²) in [6, 6.07) is -0.918. The van der Waals surface area contributed by atoms with Crippen LogP contribution in [0.1, 0.15) is 40.5 Å². The lowest BCUT2D eigenvalue weighted by Crippen LogP contribution is -2.45. The van der Waals surface area contributed by atoms with Crippen LogP contribution in [-0.4, -0.2) is 29.4 Å². The van der Waals surface area contributed by atoms with Crippen molar-refractivity contribution in [3.8, 4) is 0 Å². The normalized spacial score (nSPS) is 13.2. The van der Waals surface area contributed by atoms with Gasteiger partial charge in [-0.3, -0.25) is 14.4 Å². The van der Waals surface area contributed by atoms with Crippen molar-refractivity contribution in [2.45, 2.75) is 52.2 Å². The Morgan fingerprint density at radius 1 is 1.33 bits per heavy atom. The second-order valence-corrected chi connectivity index (χ2v) is 5.64. The van der Waals surface area contributed by atoms with E-state index in [2.05, 4.69) is 11.9 Å². The van der Waals surface area contributed by atoms with Crippen LogP contribution >= 0.6 is 0 Å². The van der Waals surface area contributed by atoms with Crippen LogP contribution in [0.4, 0.5) is 0 Å². The minimum atomic E-state index is -0.918. The molecule has 0 rings (SSSR count). The van der Waals surface area contributed by atoms with Gasteiger partial charge in [-0.05, 0) is 34.1 Å². The predicted octanol–water partition coefficient (Wildman–Crippen LogP) is 1.21. The number of ether oxygens (including phenoxy) is 1. The van der Waals surface area contributed by atoms with Crippen LogP contribution in [-0.2, 0) is 19.1 Å². The third kappa shape index (κ3) is 8.62. The molecular weight excluding hydrogens is 272 g/mol. The van der Waals surface area contributed by atoms with Crippen LogP contribution in [0, 0.1) is 0 Å². The Balaban J connectivity index is 4.55. The van der Waals surface area contributed by atoms with Crippen molar-refractivity contribution in [1.29, 1.82) is 0 Å². The van der Waals surface area contributed by atoms with E-state index in [0.717, 1.165) is 0 Å². The zero-order chi connectivity index (χ0) is 16.6. The molecule has 0 bridgehead atoms. The third-order valence-electron chi connectivity index (χ3n) is 2.43. The standard InChI is InChI=1S/C15H24N2O4/c1-6-7-10(2)14(20)17-11(13(16)19)8-9-12(18)21-15(3,4)5/h6-7,11H,1,8-9H2,2-5H3,(H2,16,19)(H,17,20)/b10-7+/t11-/m0/s1. The number of esters is 1. The summed E-state index contributed by atoms with van der Waals surface area (Å²) in [5, 5.41) is 2.48. The highest BCUT2D eigenvalue weighted by atomic mass is 16.6. The van der Waals surface area contributed by atoms with Gasteiger partial charge in [-0.15, -0.1) is 0 Å². The number of allylic oxidation sites excluding steroid dienone is 2. The van der Waals surface area contributed by atoms with Gasteiger partial charge in [0.05, 0.1) is 0 Å². The summed E-state index contributed by atoms with van der Waals surface area (Å²) in [7, 11) is 0. The molecule has 0 aromatic rings. The summed E-state index contributed by atoms with van der Waals surface area (Å²) in [6.45, 7) is 10.3. The maximum atomic E-state index is 11.8. The zero-order valence-corrected chi connectivity index (χ0v) is 13.1. The first-order valence-electron chi connectivity index (χ1n) is 6.68. The van der Waals surface area contributed by atoms with E-state index in [0.29, 0.717) is 5.57 Å². The Morgan fingerprint density at radius 2 is 1.90 bits per heavy atom. The molecule has 21 heavy (non-hydrogen) atoms. The number of nitrogens with two attached hydrogens (primary N) is 1. The molecule has 0 aliphatic carbocycles. The average Bonchev–Trinajstić information content (AvgIpc) is 2.31. The molecule has 0 radical (unpaired) electrons. The Morgan fingerprint density at radius 3 is 2.33 bits per heavy atom. The lowest BCUT2D eigenvalue weighted by molar-refractivity contribution is -0.155. The molecule has 3 N–H and O–H groups in total. The summed E-state index contributed by atoms with van der Waals surface area (Å²) >= 11 is 0. The van der Waals surface area contributed by atoms with Crippen LogP contribution in [0.15, 0.2) is 24.3 Å². The molecule has 0 saturated heterocycles. The van der Waals surface area contributed by atoms with Crippen molar-refractivity contribution < 1.29 is 19.1 Å². The first kappa shape index (κ1) is 18.9. The molecule has 0 spiro atoms. The van der Waals surface area contributed by atoms with Crippen molar-refractivity contribution in [3.63, 3.8) is 0 Å². The molecule has 118 valence electrons. The Hall–Kier alpha value is -2.11. The van der Waals surface area contributed by atoms with E-state index in [1.165, 1.54) is 12.2 Å². The van der Waals surface area contributed by atoms with Crippen molar-refractivity contribution >= 4 is 17.8 Å². The van der Waals surface area contributed by atoms with Gasteiger partial charge in [0.15, 0.2) is 0 Å². The van der Waals surface area contributed by atoms with Crippen molar-refractivity contribution in [3.05, 3.63) is 24.3 Å². The zero-order valence-electron chi connectivity index (χ0n) is 13.1. The van der Waals surface area contributed by atoms with Gasteiger partial charge in [0.2, 0.25) is 11.8 Å². The van der Waals surface area contributed by atoms with Crippen LogP contribution in [0.3, 0.4) is 0 Å². The molecule has 0 saturated carbocycles. The predicted molar refractivity (Wildman–Crippen MR) is 80.2 cm³/mol. The van der Waals surface area contributed by atoms with Crippen LogP contribution < -0.4 is 11.1 Å². The molecule has 0 heterocycles. The van der Waals surface area contributed by atoms with Gasteiger partial charge in [0, 0.05) is 12.0 Å². The molecule has 6 heteroatoms. The molecule has 0 unspecified atom stereocenters. The van der Waals surface area contributed by atoms with Crippen LogP contribution in [0.2, 0.25) is 0 Å². The summed E-state index contributed by atoms with van der Waals surface area (Å²) in [5.41, 5.74) is 5.03. The van der Waals surface area contributed by atoms with Gasteiger partial charge in [-0.1, -0.05) is 18.7 Å². The van der Waals surface area contributed by atoms with Crippen molar-refractivity contribution in [2.75, 3.05) is 0 Å². The lowest BCUT2D eigenvalue weighted by Gasteiger charge is -2.20. The van der Waals surface area contributed by atoms with Gasteiger partial charge in [-0.2, -0.15) is 0 Å². The SMILES string of the molecule is C=C/C=C(\C)C(=O)N[C@@H](CCC(=O)OC(C)(C)C)C(N)=O. The first-order valence-corrected chi connectivity index (χ1v) is 6.68. The largest absolute Gasteiger partial charge is 0.460 e. The van der Waals surface area contributed by atoms with E-state index >= 15 is 0 Å². The van der Waals surface area contributed by atoms with Crippen molar-refractivity contribution in [1.82, 2.24) is 5.32 Å². The lowest BCUT2D eigenvalue weighted by atomic mass is 10.1. The monoisotopic (exact) mass is 296 g/mol. The Kier molecular flexibility index (Phi) is 7.41. The third-order valence-corrected chi connectivity index (χ3v) is 2.43. The van der Waals surface area contributed by atoms with E-state index in [1.807, 2.05) is 0 Å². The Labute approximate surface area is 125 Å². The minimum absolute atomic E-state index is 0.00459. The smallest absolute Gasteiger partial charge is 0.306 e. The molecule has 0 aliphatic rings. The van der Waals surface area contributed by atoms with E-state index in [9.17, 15) is 14.4 Å². The number of carbonyl (C=O) groups excluding carboxylic acids is 3. The molecule has 0 fully saturated rings. The van der Waals surface area contributed by atoms with Gasteiger partial charge in [-0.25, -0.2) is 0 Å². The van der Waals surface area contributed by atoms with Gasteiger partial charge < -0.3 is 15.8 Å². The summed E-state index contributed by atoms with van der Waals surface area (Å²) in [4.78, 5) is 34.7. The van der Waals surface area contributed by atoms with Crippen molar-refractivity contribution in [2.24, 2.45) is 5.73 Å². The highest BCUT2D eigenvalue weighted by molar-refractivity contribution is 5.96. The second-order valence-electron chi connectivity index (χ2n) is 5.64. The minimum Gasteiger partial charge on any atom is -0.460 e. The van der Waals surface area contributed by atoms with E-state index in [1.54, 1.807) is 27.7 Å². The van der Waals surface area contributed by atoms with E-state index < -0.39 is 29.4 Å². The summed E-state index contributed by atoms with van der Waals surface area (Å²) < 4.78 is 5.13. The number of hydrogen-bond donors (Lipinski definition) is 2.